The van der Waals surface area contributed by atoms with E-state index < -0.39 is 17.9 Å². The molecule has 0 aromatic heterocycles. The zero-order valence-corrected chi connectivity index (χ0v) is 14.8. The molecule has 0 saturated carbocycles. The molecule has 4 heteroatoms. The van der Waals surface area contributed by atoms with Crippen LogP contribution in [0, 0.1) is 0 Å². The standard InChI is InChI=1S/C23H20N2O2/c24-22(26)20(14-15-8-2-1-3-9-15)25-23(27)21-18-12-6-4-10-16(18)17-11-5-7-13-19(17)21/h1-13,20-21H,14H2,(H2,24,26)(H,25,27)/t20-/m1/s1. The lowest BCUT2D eigenvalue weighted by atomic mass is 9.95. The molecule has 3 N–H and O–H groups in total. The molecule has 3 aromatic carbocycles. The molecule has 0 aliphatic heterocycles. The summed E-state index contributed by atoms with van der Waals surface area (Å²) in [4.78, 5) is 25.1. The third kappa shape index (κ3) is 3.22. The van der Waals surface area contributed by atoms with Crippen molar-refractivity contribution in [3.8, 4) is 11.1 Å². The highest BCUT2D eigenvalue weighted by Gasteiger charge is 2.34. The zero-order valence-electron chi connectivity index (χ0n) is 14.8. The number of amides is 2. The summed E-state index contributed by atoms with van der Waals surface area (Å²) in [6.07, 6.45) is 0.373. The van der Waals surface area contributed by atoms with Gasteiger partial charge in [-0.15, -0.1) is 0 Å². The summed E-state index contributed by atoms with van der Waals surface area (Å²) < 4.78 is 0. The van der Waals surface area contributed by atoms with E-state index in [0.29, 0.717) is 6.42 Å². The van der Waals surface area contributed by atoms with Crippen molar-refractivity contribution < 1.29 is 9.59 Å². The molecule has 3 aromatic rings. The minimum absolute atomic E-state index is 0.202. The van der Waals surface area contributed by atoms with Crippen LogP contribution >= 0.6 is 0 Å². The van der Waals surface area contributed by atoms with Crippen LogP contribution in [0.25, 0.3) is 11.1 Å². The van der Waals surface area contributed by atoms with Crippen LogP contribution < -0.4 is 11.1 Å². The van der Waals surface area contributed by atoms with E-state index in [-0.39, 0.29) is 5.91 Å². The monoisotopic (exact) mass is 356 g/mol. The Morgan fingerprint density at radius 1 is 0.815 bits per heavy atom. The van der Waals surface area contributed by atoms with Gasteiger partial charge in [0, 0.05) is 6.42 Å². The van der Waals surface area contributed by atoms with Gasteiger partial charge < -0.3 is 11.1 Å². The first kappa shape index (κ1) is 17.0. The van der Waals surface area contributed by atoms with Crippen molar-refractivity contribution in [2.24, 2.45) is 5.73 Å². The number of hydrogen-bond donors (Lipinski definition) is 2. The molecule has 0 radical (unpaired) electrons. The fourth-order valence-corrected chi connectivity index (χ4v) is 3.77. The second kappa shape index (κ2) is 7.08. The molecular weight excluding hydrogens is 336 g/mol. The molecule has 0 spiro atoms. The molecule has 4 nitrogen and oxygen atoms in total. The smallest absolute Gasteiger partial charge is 0.240 e. The lowest BCUT2D eigenvalue weighted by Gasteiger charge is -2.20. The summed E-state index contributed by atoms with van der Waals surface area (Å²) >= 11 is 0. The lowest BCUT2D eigenvalue weighted by molar-refractivity contribution is -0.127. The van der Waals surface area contributed by atoms with Crippen molar-refractivity contribution >= 4 is 11.8 Å². The second-order valence-electron chi connectivity index (χ2n) is 6.76. The molecular formula is C23H20N2O2. The normalized spacial score (nSPS) is 13.5. The Balaban J connectivity index is 1.63. The van der Waals surface area contributed by atoms with E-state index in [1.165, 1.54) is 0 Å². The number of primary amides is 1. The van der Waals surface area contributed by atoms with E-state index in [0.717, 1.165) is 27.8 Å². The topological polar surface area (TPSA) is 72.2 Å². The predicted molar refractivity (Wildman–Crippen MR) is 105 cm³/mol. The van der Waals surface area contributed by atoms with Gasteiger partial charge in [-0.25, -0.2) is 0 Å². The van der Waals surface area contributed by atoms with Crippen molar-refractivity contribution in [3.63, 3.8) is 0 Å². The molecule has 1 atom stereocenters. The maximum Gasteiger partial charge on any atom is 0.240 e. The van der Waals surface area contributed by atoms with Gasteiger partial charge in [-0.05, 0) is 27.8 Å². The number of hydrogen-bond acceptors (Lipinski definition) is 2. The Bertz CT molecular complexity index is 953. The van der Waals surface area contributed by atoms with Crippen molar-refractivity contribution in [2.75, 3.05) is 0 Å². The number of carbonyl (C=O) groups is 2. The number of benzene rings is 3. The van der Waals surface area contributed by atoms with Gasteiger partial charge in [-0.3, -0.25) is 9.59 Å². The number of nitrogens with one attached hydrogen (secondary N) is 1. The van der Waals surface area contributed by atoms with Crippen molar-refractivity contribution in [1.29, 1.82) is 0 Å². The van der Waals surface area contributed by atoms with E-state index in [2.05, 4.69) is 5.32 Å². The average molecular weight is 356 g/mol. The van der Waals surface area contributed by atoms with Crippen molar-refractivity contribution in [2.45, 2.75) is 18.4 Å². The highest BCUT2D eigenvalue weighted by Crippen LogP contribution is 2.44. The summed E-state index contributed by atoms with van der Waals surface area (Å²) in [6, 6.07) is 24.6. The number of fused-ring (bicyclic) bond motifs is 3. The predicted octanol–water partition coefficient (Wildman–Crippen LogP) is 3.01. The highest BCUT2D eigenvalue weighted by atomic mass is 16.2. The third-order valence-electron chi connectivity index (χ3n) is 5.04. The number of carbonyl (C=O) groups excluding carboxylic acids is 2. The van der Waals surface area contributed by atoms with Crippen LogP contribution in [0.3, 0.4) is 0 Å². The van der Waals surface area contributed by atoms with Crippen LogP contribution in [0.15, 0.2) is 78.9 Å². The fourth-order valence-electron chi connectivity index (χ4n) is 3.77. The Morgan fingerprint density at radius 3 is 1.89 bits per heavy atom. The SMILES string of the molecule is NC(=O)[C@@H](Cc1ccccc1)NC(=O)C1c2ccccc2-c2ccccc21. The van der Waals surface area contributed by atoms with Gasteiger partial charge in [-0.1, -0.05) is 78.9 Å². The number of nitrogens with two attached hydrogens (primary N) is 1. The maximum atomic E-state index is 13.2. The van der Waals surface area contributed by atoms with Gasteiger partial charge in [0.2, 0.25) is 11.8 Å². The third-order valence-corrected chi connectivity index (χ3v) is 5.04. The molecule has 1 aliphatic carbocycles. The molecule has 0 heterocycles. The van der Waals surface area contributed by atoms with Crippen molar-refractivity contribution in [3.05, 3.63) is 95.6 Å². The second-order valence-corrected chi connectivity index (χ2v) is 6.76. The van der Waals surface area contributed by atoms with Gasteiger partial charge in [0.15, 0.2) is 0 Å². The Labute approximate surface area is 158 Å². The van der Waals surface area contributed by atoms with Gasteiger partial charge in [0.25, 0.3) is 0 Å². The Morgan fingerprint density at radius 2 is 1.33 bits per heavy atom. The van der Waals surface area contributed by atoms with Crippen LogP contribution in [0.2, 0.25) is 0 Å². The summed E-state index contributed by atoms with van der Waals surface area (Å²) in [7, 11) is 0. The van der Waals surface area contributed by atoms with Gasteiger partial charge in [-0.2, -0.15) is 0 Å². The highest BCUT2D eigenvalue weighted by molar-refractivity contribution is 5.98. The first-order chi connectivity index (χ1) is 13.1. The molecule has 27 heavy (non-hydrogen) atoms. The minimum atomic E-state index is -0.750. The molecule has 0 saturated heterocycles. The summed E-state index contributed by atoms with van der Waals surface area (Å²) in [6.45, 7) is 0. The molecule has 4 rings (SSSR count). The molecule has 0 fully saturated rings. The average Bonchev–Trinajstić information content (AvgIpc) is 3.03. The maximum absolute atomic E-state index is 13.2. The van der Waals surface area contributed by atoms with Crippen LogP contribution in [-0.4, -0.2) is 17.9 Å². The summed E-state index contributed by atoms with van der Waals surface area (Å²) in [5.41, 5.74) is 10.6. The first-order valence-corrected chi connectivity index (χ1v) is 8.97. The molecule has 134 valence electrons. The molecule has 2 amide bonds. The van der Waals surface area contributed by atoms with E-state index >= 15 is 0 Å². The van der Waals surface area contributed by atoms with Gasteiger partial charge in [0.05, 0.1) is 5.92 Å². The molecule has 0 bridgehead atoms. The first-order valence-electron chi connectivity index (χ1n) is 8.97. The van der Waals surface area contributed by atoms with Crippen LogP contribution in [0.5, 0.6) is 0 Å². The Kier molecular flexibility index (Phi) is 4.47. The summed E-state index contributed by atoms with van der Waals surface area (Å²) in [5.74, 6) is -1.17. The number of rotatable bonds is 5. The molecule has 1 aliphatic rings. The van der Waals surface area contributed by atoms with E-state index in [4.69, 9.17) is 5.73 Å². The Hall–Kier alpha value is -3.40. The van der Waals surface area contributed by atoms with Crippen LogP contribution in [0.4, 0.5) is 0 Å². The van der Waals surface area contributed by atoms with Gasteiger partial charge in [0.1, 0.15) is 6.04 Å². The van der Waals surface area contributed by atoms with Crippen LogP contribution in [-0.2, 0) is 16.0 Å². The van der Waals surface area contributed by atoms with Crippen LogP contribution in [0.1, 0.15) is 22.6 Å². The van der Waals surface area contributed by atoms with Gasteiger partial charge >= 0.3 is 0 Å². The minimum Gasteiger partial charge on any atom is -0.368 e. The zero-order chi connectivity index (χ0) is 18.8. The van der Waals surface area contributed by atoms with E-state index in [1.54, 1.807) is 0 Å². The fraction of sp³-hybridized carbons (Fsp3) is 0.130. The van der Waals surface area contributed by atoms with Crippen molar-refractivity contribution in [1.82, 2.24) is 5.32 Å². The lowest BCUT2D eigenvalue weighted by Crippen LogP contribution is -2.47. The van der Waals surface area contributed by atoms with E-state index in [9.17, 15) is 9.59 Å². The largest absolute Gasteiger partial charge is 0.368 e. The quantitative estimate of drug-likeness (QED) is 0.738. The molecule has 0 unspecified atom stereocenters. The summed E-state index contributed by atoms with van der Waals surface area (Å²) in [5, 5.41) is 2.88. The van der Waals surface area contributed by atoms with E-state index in [1.807, 2.05) is 78.9 Å².